The molecule has 0 aromatic carbocycles. The van der Waals surface area contributed by atoms with Gasteiger partial charge in [0, 0.05) is 43.5 Å². The van der Waals surface area contributed by atoms with Crippen LogP contribution in [0.3, 0.4) is 0 Å². The van der Waals surface area contributed by atoms with Gasteiger partial charge in [0.25, 0.3) is 0 Å². The van der Waals surface area contributed by atoms with Crippen molar-refractivity contribution >= 4 is 35.0 Å². The molecule has 0 spiro atoms. The van der Waals surface area contributed by atoms with Crippen LogP contribution in [0.4, 0.5) is 23.1 Å². The van der Waals surface area contributed by atoms with Crippen LogP contribution in [-0.4, -0.2) is 33.1 Å². The topological polar surface area (TPSA) is 116 Å². The Morgan fingerprint density at radius 1 is 1.27 bits per heavy atom. The molecule has 9 heteroatoms. The lowest BCUT2D eigenvalue weighted by Gasteiger charge is -2.21. The number of nitrogens with one attached hydrogen (secondary N) is 2. The molecule has 9 nitrogen and oxygen atoms in total. The van der Waals surface area contributed by atoms with E-state index in [1.807, 2.05) is 0 Å². The normalized spacial score (nSPS) is 23.3. The highest BCUT2D eigenvalue weighted by atomic mass is 16.2. The summed E-state index contributed by atoms with van der Waals surface area (Å²) in [6.07, 6.45) is 5.99. The SMILES string of the molecule is Cn1nc(Nc2cc(N3CC[C@@](C#N)(C4CC4)C3=O)ccn2)cc1NC(=O)C1CC1. The predicted octanol–water partition coefficient (Wildman–Crippen LogP) is 2.56. The molecule has 1 atom stereocenters. The van der Waals surface area contributed by atoms with E-state index in [0.717, 1.165) is 25.7 Å². The van der Waals surface area contributed by atoms with Gasteiger partial charge in [0.1, 0.15) is 17.1 Å². The zero-order chi connectivity index (χ0) is 20.9. The van der Waals surface area contributed by atoms with Crippen molar-refractivity contribution in [1.29, 1.82) is 5.26 Å². The van der Waals surface area contributed by atoms with Crippen LogP contribution in [-0.2, 0) is 16.6 Å². The Morgan fingerprint density at radius 3 is 2.77 bits per heavy atom. The number of hydrogen-bond acceptors (Lipinski definition) is 6. The zero-order valence-electron chi connectivity index (χ0n) is 16.8. The smallest absolute Gasteiger partial charge is 0.247 e. The standard InChI is InChI=1S/C21H23N7O2/c1-27-18(25-19(29)13-2-3-13)11-17(26-27)24-16-10-15(6-8-23-16)28-9-7-21(12-22,20(28)30)14-4-5-14/h6,8,10-11,13-14H,2-5,7,9H2,1H3,(H,25,29)(H,23,24,26)/t21-/m1/s1. The van der Waals surface area contributed by atoms with E-state index in [4.69, 9.17) is 0 Å². The van der Waals surface area contributed by atoms with Gasteiger partial charge < -0.3 is 15.5 Å². The van der Waals surface area contributed by atoms with Crippen LogP contribution < -0.4 is 15.5 Å². The molecular weight excluding hydrogens is 382 g/mol. The van der Waals surface area contributed by atoms with Crippen molar-refractivity contribution in [3.8, 4) is 6.07 Å². The maximum absolute atomic E-state index is 13.0. The largest absolute Gasteiger partial charge is 0.323 e. The van der Waals surface area contributed by atoms with Gasteiger partial charge in [-0.2, -0.15) is 10.4 Å². The lowest BCUT2D eigenvalue weighted by atomic mass is 9.83. The Morgan fingerprint density at radius 2 is 2.07 bits per heavy atom. The maximum atomic E-state index is 13.0. The molecule has 1 aliphatic heterocycles. The van der Waals surface area contributed by atoms with Crippen LogP contribution in [0, 0.1) is 28.6 Å². The first-order chi connectivity index (χ1) is 14.5. The van der Waals surface area contributed by atoms with Crippen molar-refractivity contribution in [2.24, 2.45) is 24.3 Å². The molecule has 154 valence electrons. The van der Waals surface area contributed by atoms with Gasteiger partial charge in [-0.3, -0.25) is 14.3 Å². The molecule has 3 aliphatic rings. The summed E-state index contributed by atoms with van der Waals surface area (Å²) in [6, 6.07) is 7.63. The Kier molecular flexibility index (Phi) is 4.24. The molecular formula is C21H23N7O2. The maximum Gasteiger partial charge on any atom is 0.247 e. The Hall–Kier alpha value is -3.41. The predicted molar refractivity (Wildman–Crippen MR) is 110 cm³/mol. The number of carbonyl (C=O) groups excluding carboxylic acids is 2. The summed E-state index contributed by atoms with van der Waals surface area (Å²) in [7, 11) is 1.76. The minimum Gasteiger partial charge on any atom is -0.323 e. The average Bonchev–Trinajstić information content (AvgIpc) is 3.65. The monoisotopic (exact) mass is 405 g/mol. The molecule has 2 aliphatic carbocycles. The second-order valence-corrected chi connectivity index (χ2v) is 8.39. The number of rotatable bonds is 6. The van der Waals surface area contributed by atoms with Gasteiger partial charge in [-0.1, -0.05) is 0 Å². The highest BCUT2D eigenvalue weighted by Gasteiger charge is 2.56. The molecule has 30 heavy (non-hydrogen) atoms. The lowest BCUT2D eigenvalue weighted by molar-refractivity contribution is -0.123. The van der Waals surface area contributed by atoms with Crippen LogP contribution in [0.15, 0.2) is 24.4 Å². The number of amides is 2. The number of anilines is 4. The van der Waals surface area contributed by atoms with Gasteiger partial charge in [-0.05, 0) is 44.1 Å². The first-order valence-corrected chi connectivity index (χ1v) is 10.3. The number of aromatic nitrogens is 3. The van der Waals surface area contributed by atoms with E-state index in [1.54, 1.807) is 41.0 Å². The molecule has 1 saturated heterocycles. The Balaban J connectivity index is 1.32. The molecule has 0 unspecified atom stereocenters. The first kappa shape index (κ1) is 18.6. The summed E-state index contributed by atoms with van der Waals surface area (Å²) in [5, 5.41) is 20.1. The zero-order valence-corrected chi connectivity index (χ0v) is 16.8. The van der Waals surface area contributed by atoms with Crippen LogP contribution in [0.1, 0.15) is 32.1 Å². The molecule has 0 bridgehead atoms. The fourth-order valence-electron chi connectivity index (χ4n) is 4.14. The number of nitriles is 1. The minimum absolute atomic E-state index is 0.0221. The number of nitrogens with zero attached hydrogens (tertiary/aromatic N) is 5. The molecule has 2 aromatic heterocycles. The van der Waals surface area contributed by atoms with Crippen molar-refractivity contribution < 1.29 is 9.59 Å². The Labute approximate surface area is 174 Å². The Bertz CT molecular complexity index is 1060. The van der Waals surface area contributed by atoms with Gasteiger partial charge in [0.15, 0.2) is 5.82 Å². The van der Waals surface area contributed by atoms with Gasteiger partial charge in [-0.25, -0.2) is 4.98 Å². The third-order valence-corrected chi connectivity index (χ3v) is 6.22. The lowest BCUT2D eigenvalue weighted by Crippen LogP contribution is -2.35. The third kappa shape index (κ3) is 3.18. The van der Waals surface area contributed by atoms with Crippen LogP contribution >= 0.6 is 0 Å². The van der Waals surface area contributed by atoms with E-state index >= 15 is 0 Å². The fourth-order valence-corrected chi connectivity index (χ4v) is 4.14. The van der Waals surface area contributed by atoms with Crippen molar-refractivity contribution in [3.63, 3.8) is 0 Å². The van der Waals surface area contributed by atoms with Gasteiger partial charge >= 0.3 is 0 Å². The quantitative estimate of drug-likeness (QED) is 0.763. The second-order valence-electron chi connectivity index (χ2n) is 8.39. The molecule has 2 amide bonds. The van der Waals surface area contributed by atoms with Crippen molar-refractivity contribution in [3.05, 3.63) is 24.4 Å². The van der Waals surface area contributed by atoms with E-state index < -0.39 is 5.41 Å². The van der Waals surface area contributed by atoms with E-state index in [0.29, 0.717) is 36.1 Å². The third-order valence-electron chi connectivity index (χ3n) is 6.22. The van der Waals surface area contributed by atoms with Crippen molar-refractivity contribution in [2.45, 2.75) is 32.1 Å². The van der Waals surface area contributed by atoms with E-state index in [9.17, 15) is 14.9 Å². The van der Waals surface area contributed by atoms with Gasteiger partial charge in [0.2, 0.25) is 11.8 Å². The number of carbonyl (C=O) groups is 2. The average molecular weight is 405 g/mol. The molecule has 3 heterocycles. The van der Waals surface area contributed by atoms with Crippen molar-refractivity contribution in [2.75, 3.05) is 22.1 Å². The van der Waals surface area contributed by atoms with E-state index in [-0.39, 0.29) is 23.7 Å². The molecule has 2 N–H and O–H groups in total. The highest BCUT2D eigenvalue weighted by Crippen LogP contribution is 2.51. The van der Waals surface area contributed by atoms with Gasteiger partial charge in [0.05, 0.1) is 6.07 Å². The number of hydrogen-bond donors (Lipinski definition) is 2. The van der Waals surface area contributed by atoms with Crippen LogP contribution in [0.25, 0.3) is 0 Å². The highest BCUT2D eigenvalue weighted by molar-refractivity contribution is 6.02. The first-order valence-electron chi connectivity index (χ1n) is 10.3. The van der Waals surface area contributed by atoms with E-state index in [1.165, 1.54) is 0 Å². The summed E-state index contributed by atoms with van der Waals surface area (Å²) in [6.45, 7) is 0.535. The van der Waals surface area contributed by atoms with Crippen molar-refractivity contribution in [1.82, 2.24) is 14.8 Å². The number of pyridine rings is 1. The second kappa shape index (κ2) is 6.83. The summed E-state index contributed by atoms with van der Waals surface area (Å²) >= 11 is 0. The number of aryl methyl sites for hydroxylation is 1. The van der Waals surface area contributed by atoms with Crippen LogP contribution in [0.5, 0.6) is 0 Å². The van der Waals surface area contributed by atoms with Gasteiger partial charge in [-0.15, -0.1) is 0 Å². The summed E-state index contributed by atoms with van der Waals surface area (Å²) in [4.78, 5) is 31.0. The van der Waals surface area contributed by atoms with E-state index in [2.05, 4.69) is 26.8 Å². The molecule has 0 radical (unpaired) electrons. The minimum atomic E-state index is -0.869. The molecule has 5 rings (SSSR count). The molecule has 2 saturated carbocycles. The van der Waals surface area contributed by atoms with Crippen LogP contribution in [0.2, 0.25) is 0 Å². The summed E-state index contributed by atoms with van der Waals surface area (Å²) in [5.74, 6) is 1.93. The molecule has 3 fully saturated rings. The summed E-state index contributed by atoms with van der Waals surface area (Å²) in [5.41, 5.74) is -0.152. The molecule has 2 aromatic rings. The summed E-state index contributed by atoms with van der Waals surface area (Å²) < 4.78 is 1.60. The fraction of sp³-hybridized carbons (Fsp3) is 0.476.